The van der Waals surface area contributed by atoms with Crippen LogP contribution in [0, 0.1) is 0 Å². The summed E-state index contributed by atoms with van der Waals surface area (Å²) in [5, 5.41) is 2.54. The molecule has 4 nitrogen and oxygen atoms in total. The molecule has 26 heavy (non-hydrogen) atoms. The summed E-state index contributed by atoms with van der Waals surface area (Å²) < 4.78 is 2.50. The molecule has 0 fully saturated rings. The van der Waals surface area contributed by atoms with E-state index < -0.39 is 0 Å². The molecule has 0 amide bonds. The third-order valence-electron chi connectivity index (χ3n) is 5.50. The molecule has 132 valence electrons. The first-order chi connectivity index (χ1) is 12.7. The largest absolute Gasteiger partial charge is 0.368 e. The van der Waals surface area contributed by atoms with Crippen LogP contribution in [0.2, 0.25) is 0 Å². The van der Waals surface area contributed by atoms with Crippen LogP contribution in [0.4, 0.5) is 5.69 Å². The topological polar surface area (TPSA) is 24.3 Å². The third kappa shape index (κ3) is 2.29. The lowest BCUT2D eigenvalue weighted by atomic mass is 10.1. The molecule has 4 heteroatoms. The molecule has 1 aliphatic rings. The number of likely N-dealkylation sites (N-methyl/N-ethyl adjacent to an activating group) is 1. The fourth-order valence-corrected chi connectivity index (χ4v) is 4.29. The van der Waals surface area contributed by atoms with E-state index in [1.54, 1.807) is 0 Å². The molecule has 4 aromatic rings. The number of pyridine rings is 1. The Kier molecular flexibility index (Phi) is 3.61. The number of fused-ring (bicyclic) bond motifs is 5. The van der Waals surface area contributed by atoms with Gasteiger partial charge in [-0.05, 0) is 32.6 Å². The minimum atomic E-state index is 1.04. The molecule has 1 aliphatic heterocycles. The van der Waals surface area contributed by atoms with Gasteiger partial charge in [0.2, 0.25) is 0 Å². The first kappa shape index (κ1) is 15.6. The molecule has 2 aromatic heterocycles. The number of nitrogens with zero attached hydrogens (tertiary/aromatic N) is 4. The van der Waals surface area contributed by atoms with E-state index in [1.807, 2.05) is 0 Å². The molecule has 0 atom stereocenters. The minimum Gasteiger partial charge on any atom is -0.368 e. The summed E-state index contributed by atoms with van der Waals surface area (Å²) >= 11 is 0. The van der Waals surface area contributed by atoms with Crippen LogP contribution in [-0.4, -0.2) is 48.2 Å². The molecule has 0 aliphatic carbocycles. The first-order valence-corrected chi connectivity index (χ1v) is 9.43. The molecule has 5 rings (SSSR count). The highest BCUT2D eigenvalue weighted by Gasteiger charge is 2.24. The Morgan fingerprint density at radius 1 is 0.962 bits per heavy atom. The molecular weight excluding hydrogens is 320 g/mol. The van der Waals surface area contributed by atoms with Gasteiger partial charge in [0.25, 0.3) is 0 Å². The van der Waals surface area contributed by atoms with Crippen molar-refractivity contribution < 1.29 is 0 Å². The number of anilines is 1. The Morgan fingerprint density at radius 3 is 2.58 bits per heavy atom. The molecule has 0 bridgehead atoms. The number of aromatic nitrogens is 2. The lowest BCUT2D eigenvalue weighted by Gasteiger charge is -2.26. The highest BCUT2D eigenvalue weighted by atomic mass is 15.2. The quantitative estimate of drug-likeness (QED) is 0.559. The van der Waals surface area contributed by atoms with Crippen molar-refractivity contribution in [3.05, 3.63) is 48.5 Å². The van der Waals surface area contributed by atoms with Gasteiger partial charge in [-0.2, -0.15) is 0 Å². The average Bonchev–Trinajstić information content (AvgIpc) is 2.83. The van der Waals surface area contributed by atoms with Crippen molar-refractivity contribution in [3.8, 4) is 0 Å². The van der Waals surface area contributed by atoms with E-state index >= 15 is 0 Å². The number of aryl methyl sites for hydroxylation is 1. The molecule has 0 radical (unpaired) electrons. The Hall–Kier alpha value is -2.59. The lowest BCUT2D eigenvalue weighted by Crippen LogP contribution is -2.32. The maximum Gasteiger partial charge on any atom is 0.0988 e. The molecule has 2 aromatic carbocycles. The second-order valence-corrected chi connectivity index (χ2v) is 7.49. The van der Waals surface area contributed by atoms with E-state index in [-0.39, 0.29) is 0 Å². The summed E-state index contributed by atoms with van der Waals surface area (Å²) in [6, 6.07) is 17.3. The van der Waals surface area contributed by atoms with Crippen LogP contribution >= 0.6 is 0 Å². The number of benzene rings is 2. The monoisotopic (exact) mass is 344 g/mol. The van der Waals surface area contributed by atoms with Crippen molar-refractivity contribution >= 4 is 38.5 Å². The van der Waals surface area contributed by atoms with Crippen molar-refractivity contribution in [1.82, 2.24) is 14.5 Å². The second-order valence-electron chi connectivity index (χ2n) is 7.49. The van der Waals surface area contributed by atoms with E-state index in [9.17, 15) is 0 Å². The Balaban J connectivity index is 1.89. The maximum atomic E-state index is 5.08. The van der Waals surface area contributed by atoms with Gasteiger partial charge in [0.05, 0.1) is 27.8 Å². The molecule has 3 heterocycles. The summed E-state index contributed by atoms with van der Waals surface area (Å²) in [5.74, 6) is 0. The van der Waals surface area contributed by atoms with Gasteiger partial charge >= 0.3 is 0 Å². The third-order valence-corrected chi connectivity index (χ3v) is 5.50. The molecule has 0 spiro atoms. The highest BCUT2D eigenvalue weighted by molar-refractivity contribution is 6.16. The standard InChI is InChI=1S/C22H24N4/c1-24(2)14-15-25-12-7-13-26-19-11-6-4-9-17(19)20-22(26)21(25)16-8-3-5-10-18(16)23-20/h3-6,8-11H,7,12-15H2,1-2H3. The van der Waals surface area contributed by atoms with Crippen LogP contribution in [0.15, 0.2) is 48.5 Å². The normalized spacial score (nSPS) is 14.7. The predicted octanol–water partition coefficient (Wildman–Crippen LogP) is 4.11. The maximum absolute atomic E-state index is 5.08. The number of para-hydroxylation sites is 2. The van der Waals surface area contributed by atoms with Crippen molar-refractivity contribution in [2.75, 3.05) is 38.6 Å². The Morgan fingerprint density at radius 2 is 1.73 bits per heavy atom. The lowest BCUT2D eigenvalue weighted by molar-refractivity contribution is 0.412. The van der Waals surface area contributed by atoms with Gasteiger partial charge in [0.15, 0.2) is 0 Å². The zero-order valence-electron chi connectivity index (χ0n) is 15.4. The van der Waals surface area contributed by atoms with Gasteiger partial charge in [-0.3, -0.25) is 0 Å². The SMILES string of the molecule is CN(C)CCN1CCCn2c3ccccc3c3nc4ccccc4c1c32. The van der Waals surface area contributed by atoms with Crippen molar-refractivity contribution in [2.45, 2.75) is 13.0 Å². The molecular formula is C22H24N4. The van der Waals surface area contributed by atoms with E-state index in [0.717, 1.165) is 43.6 Å². The van der Waals surface area contributed by atoms with Gasteiger partial charge in [-0.25, -0.2) is 4.98 Å². The van der Waals surface area contributed by atoms with E-state index in [4.69, 9.17) is 4.98 Å². The first-order valence-electron chi connectivity index (χ1n) is 9.43. The van der Waals surface area contributed by atoms with Crippen LogP contribution in [0.5, 0.6) is 0 Å². The van der Waals surface area contributed by atoms with Crippen molar-refractivity contribution in [1.29, 1.82) is 0 Å². The minimum absolute atomic E-state index is 1.04. The van der Waals surface area contributed by atoms with Gasteiger partial charge in [0.1, 0.15) is 0 Å². The van der Waals surface area contributed by atoms with Gasteiger partial charge in [-0.15, -0.1) is 0 Å². The van der Waals surface area contributed by atoms with Gasteiger partial charge < -0.3 is 14.4 Å². The van der Waals surface area contributed by atoms with Gasteiger partial charge in [0, 0.05) is 37.0 Å². The molecule has 0 N–H and O–H groups in total. The van der Waals surface area contributed by atoms with Crippen molar-refractivity contribution in [2.24, 2.45) is 0 Å². The van der Waals surface area contributed by atoms with Crippen LogP contribution < -0.4 is 4.90 Å². The fraction of sp³-hybridized carbons (Fsp3) is 0.318. The zero-order chi connectivity index (χ0) is 17.7. The smallest absolute Gasteiger partial charge is 0.0988 e. The van der Waals surface area contributed by atoms with E-state index in [1.165, 1.54) is 27.5 Å². The summed E-state index contributed by atoms with van der Waals surface area (Å²) in [5.41, 5.74) is 6.21. The van der Waals surface area contributed by atoms with Crippen molar-refractivity contribution in [3.63, 3.8) is 0 Å². The van der Waals surface area contributed by atoms with E-state index in [0.29, 0.717) is 0 Å². The molecule has 0 saturated carbocycles. The Bertz CT molecular complexity index is 1110. The summed E-state index contributed by atoms with van der Waals surface area (Å²) in [6.45, 7) is 4.23. The second kappa shape index (κ2) is 5.99. The fourth-order valence-electron chi connectivity index (χ4n) is 4.29. The molecule has 0 saturated heterocycles. The Labute approximate surface area is 153 Å². The van der Waals surface area contributed by atoms with Crippen LogP contribution in [0.25, 0.3) is 32.8 Å². The van der Waals surface area contributed by atoms with Gasteiger partial charge in [-0.1, -0.05) is 36.4 Å². The van der Waals surface area contributed by atoms with E-state index in [2.05, 4.69) is 77.0 Å². The number of hydrogen-bond donors (Lipinski definition) is 0. The molecule has 0 unspecified atom stereocenters. The summed E-state index contributed by atoms with van der Waals surface area (Å²) in [7, 11) is 4.30. The predicted molar refractivity (Wildman–Crippen MR) is 110 cm³/mol. The number of rotatable bonds is 3. The highest BCUT2D eigenvalue weighted by Crippen LogP contribution is 2.40. The van der Waals surface area contributed by atoms with Crippen LogP contribution in [0.3, 0.4) is 0 Å². The van der Waals surface area contributed by atoms with Crippen LogP contribution in [0.1, 0.15) is 6.42 Å². The number of hydrogen-bond acceptors (Lipinski definition) is 3. The van der Waals surface area contributed by atoms with Crippen LogP contribution in [-0.2, 0) is 6.54 Å². The summed E-state index contributed by atoms with van der Waals surface area (Å²) in [6.07, 6.45) is 1.16. The average molecular weight is 344 g/mol. The summed E-state index contributed by atoms with van der Waals surface area (Å²) in [4.78, 5) is 9.93. The zero-order valence-corrected chi connectivity index (χ0v) is 15.4.